The van der Waals surface area contributed by atoms with E-state index in [1.165, 1.54) is 6.07 Å². The zero-order chi connectivity index (χ0) is 33.5. The zero-order valence-electron chi connectivity index (χ0n) is 25.2. The van der Waals surface area contributed by atoms with Gasteiger partial charge in [-0.25, -0.2) is 22.0 Å². The van der Waals surface area contributed by atoms with Gasteiger partial charge < -0.3 is 24.8 Å². The number of hydrogen-bond acceptors (Lipinski definition) is 10. The fraction of sp³-hybridized carbons (Fsp3) is 0.469. The molecule has 0 bridgehead atoms. The van der Waals surface area contributed by atoms with E-state index in [2.05, 4.69) is 14.9 Å². The van der Waals surface area contributed by atoms with Gasteiger partial charge in [-0.15, -0.1) is 11.3 Å². The summed E-state index contributed by atoms with van der Waals surface area (Å²) in [5.74, 6) is -1.37. The number of nitrogens with zero attached hydrogens (tertiary/aromatic N) is 5. The maximum atomic E-state index is 17.1. The van der Waals surface area contributed by atoms with Gasteiger partial charge in [-0.05, 0) is 31.0 Å². The van der Waals surface area contributed by atoms with E-state index in [1.807, 2.05) is 6.07 Å². The maximum absolute atomic E-state index is 17.1. The Morgan fingerprint density at radius 3 is 2.83 bits per heavy atom. The smallest absolute Gasteiger partial charge is 0.319 e. The second-order valence-electron chi connectivity index (χ2n) is 12.7. The fourth-order valence-corrected chi connectivity index (χ4v) is 9.00. The highest BCUT2D eigenvalue weighted by molar-refractivity contribution is 7.23. The molecule has 252 valence electrons. The van der Waals surface area contributed by atoms with Crippen molar-refractivity contribution in [3.05, 3.63) is 34.4 Å². The number of halogens is 6. The molecule has 0 spiro atoms. The quantitative estimate of drug-likeness (QED) is 0.226. The standard InChI is InChI=1S/C32H28ClF5N6O3S/c33-24-22(17-2-3-19(35)28-21(17)18(8-39)29(40)48-28)25(38)26-23-27(24)46-12-15-11-45-16(6-20(36)37)10-44(15)30(23)42-31(41-26)47-13-32-4-1-5-43(32)9-14(34)7-32/h2-3,14-16,20H,1,4-7,9-13,40H2/t14-,15?,16?,32+/m1/s1. The molecule has 16 heteroatoms. The molecule has 0 amide bonds. The molecule has 4 aliphatic rings. The van der Waals surface area contributed by atoms with Crippen LogP contribution in [0.25, 0.3) is 32.1 Å². The lowest BCUT2D eigenvalue weighted by atomic mass is 9.95. The van der Waals surface area contributed by atoms with E-state index in [9.17, 15) is 22.8 Å². The Morgan fingerprint density at radius 2 is 2.04 bits per heavy atom. The summed E-state index contributed by atoms with van der Waals surface area (Å²) in [6.07, 6.45) is -3.10. The fourth-order valence-electron chi connectivity index (χ4n) is 7.71. The van der Waals surface area contributed by atoms with Crippen molar-refractivity contribution in [2.24, 2.45) is 0 Å². The van der Waals surface area contributed by atoms with E-state index in [1.54, 1.807) is 4.90 Å². The molecular formula is C32H28ClF5N6O3S. The molecule has 4 aromatic rings. The second kappa shape index (κ2) is 11.7. The number of nitrogen functional groups attached to an aromatic ring is 1. The predicted molar refractivity (Wildman–Crippen MR) is 170 cm³/mol. The summed E-state index contributed by atoms with van der Waals surface area (Å²) in [5, 5.41) is 9.97. The van der Waals surface area contributed by atoms with Crippen LogP contribution in [0.2, 0.25) is 5.02 Å². The van der Waals surface area contributed by atoms with E-state index in [-0.39, 0.29) is 98.1 Å². The third kappa shape index (κ3) is 4.90. The van der Waals surface area contributed by atoms with Crippen LogP contribution in [0.1, 0.15) is 31.2 Å². The topological polar surface area (TPSA) is 110 Å². The summed E-state index contributed by atoms with van der Waals surface area (Å²) in [7, 11) is 0. The van der Waals surface area contributed by atoms with Crippen LogP contribution >= 0.6 is 22.9 Å². The first-order chi connectivity index (χ1) is 23.1. The number of nitriles is 1. The Hall–Kier alpha value is -3.71. The van der Waals surface area contributed by atoms with Crippen LogP contribution in [0.15, 0.2) is 12.1 Å². The summed E-state index contributed by atoms with van der Waals surface area (Å²) >= 11 is 7.82. The Labute approximate surface area is 279 Å². The number of aromatic nitrogens is 2. The summed E-state index contributed by atoms with van der Waals surface area (Å²) < 4.78 is 91.6. The summed E-state index contributed by atoms with van der Waals surface area (Å²) in [5.41, 5.74) is 5.14. The first-order valence-electron chi connectivity index (χ1n) is 15.5. The van der Waals surface area contributed by atoms with Gasteiger partial charge >= 0.3 is 6.01 Å². The molecule has 2 N–H and O–H groups in total. The van der Waals surface area contributed by atoms with Crippen molar-refractivity contribution in [3.63, 3.8) is 0 Å². The number of rotatable bonds is 6. The van der Waals surface area contributed by atoms with Gasteiger partial charge in [0.05, 0.1) is 45.0 Å². The monoisotopic (exact) mass is 706 g/mol. The average molecular weight is 707 g/mol. The number of thiophene rings is 1. The molecule has 0 aliphatic carbocycles. The molecule has 2 aromatic heterocycles. The van der Waals surface area contributed by atoms with Gasteiger partial charge in [0, 0.05) is 36.9 Å². The maximum Gasteiger partial charge on any atom is 0.319 e. The Morgan fingerprint density at radius 1 is 1.21 bits per heavy atom. The number of benzene rings is 2. The highest BCUT2D eigenvalue weighted by atomic mass is 35.5. The van der Waals surface area contributed by atoms with Crippen molar-refractivity contribution in [1.82, 2.24) is 14.9 Å². The number of ether oxygens (including phenoxy) is 3. The molecule has 6 heterocycles. The Bertz CT molecular complexity index is 2010. The van der Waals surface area contributed by atoms with Crippen LogP contribution in [0.3, 0.4) is 0 Å². The van der Waals surface area contributed by atoms with E-state index in [0.717, 1.165) is 30.4 Å². The molecule has 3 fully saturated rings. The highest BCUT2D eigenvalue weighted by Gasteiger charge is 2.49. The van der Waals surface area contributed by atoms with E-state index >= 15 is 4.39 Å². The number of hydrogen-bond donors (Lipinski definition) is 1. The van der Waals surface area contributed by atoms with Crippen molar-refractivity contribution in [3.8, 4) is 29.0 Å². The van der Waals surface area contributed by atoms with Gasteiger partial charge in [0.25, 0.3) is 0 Å². The first-order valence-corrected chi connectivity index (χ1v) is 16.7. The molecular weight excluding hydrogens is 679 g/mol. The van der Waals surface area contributed by atoms with E-state index in [4.69, 9.17) is 31.5 Å². The lowest BCUT2D eigenvalue weighted by Crippen LogP contribution is -2.52. The number of alkyl halides is 3. The number of fused-ring (bicyclic) bond motifs is 4. The third-order valence-electron chi connectivity index (χ3n) is 9.87. The average Bonchev–Trinajstić information content (AvgIpc) is 3.66. The van der Waals surface area contributed by atoms with Crippen molar-refractivity contribution >= 4 is 54.7 Å². The molecule has 2 aromatic carbocycles. The number of morpholine rings is 1. The van der Waals surface area contributed by atoms with Crippen molar-refractivity contribution in [2.75, 3.05) is 50.1 Å². The molecule has 0 saturated carbocycles. The minimum absolute atomic E-state index is 0.00386. The van der Waals surface area contributed by atoms with Crippen molar-refractivity contribution in [2.45, 2.75) is 56.0 Å². The minimum Gasteiger partial charge on any atom is -0.489 e. The molecule has 9 nitrogen and oxygen atoms in total. The molecule has 2 unspecified atom stereocenters. The van der Waals surface area contributed by atoms with Gasteiger partial charge in [0.2, 0.25) is 6.43 Å². The molecule has 48 heavy (non-hydrogen) atoms. The Kier molecular flexibility index (Phi) is 7.70. The predicted octanol–water partition coefficient (Wildman–Crippen LogP) is 6.47. The Balaban J connectivity index is 1.33. The lowest BCUT2D eigenvalue weighted by molar-refractivity contribution is -0.0240. The molecule has 4 atom stereocenters. The molecule has 4 aliphatic heterocycles. The SMILES string of the molecule is N#Cc1c(N)sc2c(F)ccc(-c3c(Cl)c4c5c(nc(OC[C@@]67CCCN6C[C@H](F)C7)nc5c3F)N3CC(CC(F)F)OCC3CO4)c12. The summed E-state index contributed by atoms with van der Waals surface area (Å²) in [6.45, 7) is 1.10. The molecule has 3 saturated heterocycles. The van der Waals surface area contributed by atoms with Crippen LogP contribution in [-0.2, 0) is 4.74 Å². The molecule has 8 rings (SSSR count). The normalized spacial score (nSPS) is 25.3. The van der Waals surface area contributed by atoms with Gasteiger partial charge in [-0.3, -0.25) is 4.90 Å². The second-order valence-corrected chi connectivity index (χ2v) is 14.1. The highest BCUT2D eigenvalue weighted by Crippen LogP contribution is 2.51. The largest absolute Gasteiger partial charge is 0.489 e. The minimum atomic E-state index is -2.61. The van der Waals surface area contributed by atoms with Crippen LogP contribution < -0.4 is 20.1 Å². The van der Waals surface area contributed by atoms with Gasteiger partial charge in [0.15, 0.2) is 11.6 Å². The number of nitrogens with two attached hydrogens (primary N) is 1. The van der Waals surface area contributed by atoms with Crippen LogP contribution in [0.4, 0.5) is 32.8 Å². The van der Waals surface area contributed by atoms with Gasteiger partial charge in [-0.2, -0.15) is 15.2 Å². The van der Waals surface area contributed by atoms with E-state index in [0.29, 0.717) is 13.0 Å². The number of anilines is 2. The lowest BCUT2D eigenvalue weighted by Gasteiger charge is -2.39. The zero-order valence-corrected chi connectivity index (χ0v) is 26.8. The first kappa shape index (κ1) is 31.6. The summed E-state index contributed by atoms with van der Waals surface area (Å²) in [4.78, 5) is 13.0. The van der Waals surface area contributed by atoms with Gasteiger partial charge in [0.1, 0.15) is 47.6 Å². The summed E-state index contributed by atoms with van der Waals surface area (Å²) in [6, 6.07) is 3.74. The van der Waals surface area contributed by atoms with E-state index < -0.39 is 48.3 Å². The van der Waals surface area contributed by atoms with Crippen LogP contribution in [0, 0.1) is 23.0 Å². The molecule has 0 radical (unpaired) electrons. The van der Waals surface area contributed by atoms with Gasteiger partial charge in [-0.1, -0.05) is 17.7 Å². The van der Waals surface area contributed by atoms with Crippen molar-refractivity contribution < 1.29 is 36.2 Å². The van der Waals surface area contributed by atoms with Crippen LogP contribution in [0.5, 0.6) is 11.8 Å². The van der Waals surface area contributed by atoms with Crippen molar-refractivity contribution in [1.29, 1.82) is 5.26 Å². The van der Waals surface area contributed by atoms with Crippen LogP contribution in [-0.4, -0.2) is 84.6 Å². The third-order valence-corrected chi connectivity index (χ3v) is 11.3.